The maximum absolute atomic E-state index is 12.3. The molecule has 1 heterocycles. The third-order valence-corrected chi connectivity index (χ3v) is 4.66. The van der Waals surface area contributed by atoms with E-state index in [9.17, 15) is 9.36 Å². The van der Waals surface area contributed by atoms with Gasteiger partial charge in [0.2, 0.25) is 5.91 Å². The number of hydrogen-bond donors (Lipinski definition) is 2. The summed E-state index contributed by atoms with van der Waals surface area (Å²) < 4.78 is 22.2. The summed E-state index contributed by atoms with van der Waals surface area (Å²) >= 11 is 0. The van der Waals surface area contributed by atoms with Crippen molar-refractivity contribution in [2.45, 2.75) is 6.61 Å². The summed E-state index contributed by atoms with van der Waals surface area (Å²) in [7, 11) is 0.823. The van der Waals surface area contributed by atoms with Crippen LogP contribution in [0.5, 0.6) is 5.75 Å². The molecule has 0 saturated carbocycles. The molecule has 0 aliphatic carbocycles. The maximum Gasteiger partial charge on any atom is 0.695 e. The van der Waals surface area contributed by atoms with E-state index >= 15 is 0 Å². The van der Waals surface area contributed by atoms with E-state index in [2.05, 4.69) is 14.9 Å². The molecule has 0 aliphatic rings. The molecule has 0 radical (unpaired) electrons. The molecule has 9 heteroatoms. The molecule has 8 nitrogen and oxygen atoms in total. The normalized spacial score (nSPS) is 11.5. The number of aryl methyl sites for hydroxylation is 1. The monoisotopic (exact) mass is 426 g/mol. The van der Waals surface area contributed by atoms with Crippen LogP contribution in [0.4, 0.5) is 5.69 Å². The quantitative estimate of drug-likeness (QED) is 0.418. The SMILES string of the molecule is COc1ccc(-c2c(/C=C\C(=O)Nc3ccc(CO[P+](=O)O)cc3)cnn2C)cc1. The van der Waals surface area contributed by atoms with Crippen LogP contribution in [-0.2, 0) is 27.5 Å². The Morgan fingerprint density at radius 1 is 1.20 bits per heavy atom. The Balaban J connectivity index is 1.67. The van der Waals surface area contributed by atoms with E-state index < -0.39 is 8.25 Å². The molecule has 0 fully saturated rings. The average Bonchev–Trinajstić information content (AvgIpc) is 3.12. The Hall–Kier alpha value is -3.32. The first-order valence-corrected chi connectivity index (χ1v) is 10.1. The first kappa shape index (κ1) is 21.4. The fraction of sp³-hybridized carbons (Fsp3) is 0.143. The van der Waals surface area contributed by atoms with Gasteiger partial charge in [-0.3, -0.25) is 9.48 Å². The summed E-state index contributed by atoms with van der Waals surface area (Å²) in [6, 6.07) is 14.4. The van der Waals surface area contributed by atoms with Gasteiger partial charge in [0.1, 0.15) is 12.4 Å². The molecule has 30 heavy (non-hydrogen) atoms. The zero-order chi connectivity index (χ0) is 21.5. The van der Waals surface area contributed by atoms with E-state index in [4.69, 9.17) is 9.63 Å². The molecule has 154 valence electrons. The molecule has 2 aromatic carbocycles. The number of ether oxygens (including phenoxy) is 1. The summed E-state index contributed by atoms with van der Waals surface area (Å²) in [6.45, 7) is 0.0228. The van der Waals surface area contributed by atoms with Crippen LogP contribution in [0.25, 0.3) is 17.3 Å². The molecule has 0 spiro atoms. The molecule has 3 aromatic rings. The Labute approximate surface area is 174 Å². The number of carbonyl (C=O) groups is 1. The van der Waals surface area contributed by atoms with E-state index in [1.807, 2.05) is 31.3 Å². The predicted octanol–water partition coefficient (Wildman–Crippen LogP) is 3.91. The number of nitrogens with zero attached hydrogens (tertiary/aromatic N) is 2. The predicted molar refractivity (Wildman–Crippen MR) is 114 cm³/mol. The van der Waals surface area contributed by atoms with Crippen molar-refractivity contribution in [3.05, 3.63) is 71.9 Å². The number of rotatable bonds is 8. The number of anilines is 1. The van der Waals surface area contributed by atoms with Gasteiger partial charge in [0.15, 0.2) is 0 Å². The molecule has 0 bridgehead atoms. The molecule has 0 saturated heterocycles. The largest absolute Gasteiger partial charge is 0.695 e. The molecular weight excluding hydrogens is 405 g/mol. The van der Waals surface area contributed by atoms with Crippen molar-refractivity contribution in [2.24, 2.45) is 7.05 Å². The fourth-order valence-corrected chi connectivity index (χ4v) is 3.10. The zero-order valence-corrected chi connectivity index (χ0v) is 17.4. The van der Waals surface area contributed by atoms with Gasteiger partial charge in [-0.2, -0.15) is 5.10 Å². The fourth-order valence-electron chi connectivity index (χ4n) is 2.84. The number of methoxy groups -OCH3 is 1. The summed E-state index contributed by atoms with van der Waals surface area (Å²) in [5.41, 5.74) is 3.97. The second-order valence-corrected chi connectivity index (χ2v) is 7.07. The van der Waals surface area contributed by atoms with Crippen LogP contribution in [0.15, 0.2) is 60.8 Å². The highest BCUT2D eigenvalue weighted by molar-refractivity contribution is 7.32. The Morgan fingerprint density at radius 2 is 1.90 bits per heavy atom. The van der Waals surface area contributed by atoms with E-state index in [1.54, 1.807) is 48.3 Å². The standard InChI is InChI=1S/C21H20N3O5P/c1-24-21(16-5-10-19(28-2)11-6-16)17(13-22-24)7-12-20(25)23-18-8-3-15(4-9-18)14-29-30(26)27/h3-13H,14H2,1-2H3,(H-,23,25,26,27)/p+1/b12-7-. The average molecular weight is 426 g/mol. The van der Waals surface area contributed by atoms with Gasteiger partial charge in [-0.1, -0.05) is 12.1 Å². The van der Waals surface area contributed by atoms with Crippen LogP contribution in [0.2, 0.25) is 0 Å². The Bertz CT molecular complexity index is 1060. The van der Waals surface area contributed by atoms with E-state index in [0.717, 1.165) is 28.1 Å². The van der Waals surface area contributed by atoms with Gasteiger partial charge in [0, 0.05) is 34.5 Å². The minimum absolute atomic E-state index is 0.0228. The highest BCUT2D eigenvalue weighted by Crippen LogP contribution is 2.26. The van der Waals surface area contributed by atoms with Gasteiger partial charge in [0.05, 0.1) is 19.0 Å². The van der Waals surface area contributed by atoms with Crippen LogP contribution in [0.3, 0.4) is 0 Å². The highest BCUT2D eigenvalue weighted by atomic mass is 31.1. The minimum atomic E-state index is -2.64. The summed E-state index contributed by atoms with van der Waals surface area (Å²) in [5.74, 6) is 0.474. The van der Waals surface area contributed by atoms with Crippen LogP contribution in [0.1, 0.15) is 11.1 Å². The van der Waals surface area contributed by atoms with E-state index in [1.165, 1.54) is 6.08 Å². The molecule has 3 rings (SSSR count). The van der Waals surface area contributed by atoms with Crippen LogP contribution in [-0.4, -0.2) is 27.7 Å². The van der Waals surface area contributed by atoms with Gasteiger partial charge < -0.3 is 10.1 Å². The number of aromatic nitrogens is 2. The lowest BCUT2D eigenvalue weighted by molar-refractivity contribution is -0.111. The molecular formula is C21H21N3O5P+. The van der Waals surface area contributed by atoms with E-state index in [0.29, 0.717) is 5.69 Å². The van der Waals surface area contributed by atoms with Crippen molar-refractivity contribution >= 4 is 25.9 Å². The van der Waals surface area contributed by atoms with Crippen molar-refractivity contribution in [1.82, 2.24) is 9.78 Å². The Morgan fingerprint density at radius 3 is 2.53 bits per heavy atom. The number of hydrogen-bond acceptors (Lipinski definition) is 5. The van der Waals surface area contributed by atoms with Crippen molar-refractivity contribution in [2.75, 3.05) is 12.4 Å². The van der Waals surface area contributed by atoms with Gasteiger partial charge in [-0.05, 0) is 48.0 Å². The first-order chi connectivity index (χ1) is 14.5. The van der Waals surface area contributed by atoms with Gasteiger partial charge >= 0.3 is 8.25 Å². The minimum Gasteiger partial charge on any atom is -0.497 e. The number of carbonyl (C=O) groups excluding carboxylic acids is 1. The molecule has 1 aromatic heterocycles. The topological polar surface area (TPSA) is 103 Å². The lowest BCUT2D eigenvalue weighted by Gasteiger charge is -2.06. The van der Waals surface area contributed by atoms with Crippen molar-refractivity contribution < 1.29 is 23.5 Å². The summed E-state index contributed by atoms with van der Waals surface area (Å²) in [5, 5.41) is 7.06. The maximum atomic E-state index is 12.3. The van der Waals surface area contributed by atoms with Gasteiger partial charge in [-0.15, -0.1) is 9.42 Å². The second-order valence-electron chi connectivity index (χ2n) is 6.33. The summed E-state index contributed by atoms with van der Waals surface area (Å²) in [6.07, 6.45) is 4.85. The van der Waals surface area contributed by atoms with Crippen LogP contribution >= 0.6 is 8.25 Å². The molecule has 0 aliphatic heterocycles. The van der Waals surface area contributed by atoms with Gasteiger partial charge in [0.25, 0.3) is 0 Å². The molecule has 1 atom stereocenters. The number of nitrogens with one attached hydrogen (secondary N) is 1. The molecule has 1 amide bonds. The highest BCUT2D eigenvalue weighted by Gasteiger charge is 2.12. The van der Waals surface area contributed by atoms with Crippen LogP contribution < -0.4 is 10.1 Å². The van der Waals surface area contributed by atoms with Crippen molar-refractivity contribution in [3.8, 4) is 17.0 Å². The lowest BCUT2D eigenvalue weighted by atomic mass is 10.1. The molecule has 1 unspecified atom stereocenters. The third-order valence-electron chi connectivity index (χ3n) is 4.31. The smallest absolute Gasteiger partial charge is 0.497 e. The number of benzene rings is 2. The molecule has 2 N–H and O–H groups in total. The lowest BCUT2D eigenvalue weighted by Crippen LogP contribution is -2.07. The van der Waals surface area contributed by atoms with Crippen LogP contribution in [0, 0.1) is 0 Å². The summed E-state index contributed by atoms with van der Waals surface area (Å²) in [4.78, 5) is 21.0. The first-order valence-electron chi connectivity index (χ1n) is 8.99. The van der Waals surface area contributed by atoms with Crippen molar-refractivity contribution in [3.63, 3.8) is 0 Å². The Kier molecular flexibility index (Phi) is 7.08. The zero-order valence-electron chi connectivity index (χ0n) is 16.5. The van der Waals surface area contributed by atoms with Gasteiger partial charge in [-0.25, -0.2) is 0 Å². The number of amides is 1. The second kappa shape index (κ2) is 9.93. The van der Waals surface area contributed by atoms with Crippen molar-refractivity contribution in [1.29, 1.82) is 0 Å². The van der Waals surface area contributed by atoms with E-state index in [-0.39, 0.29) is 12.5 Å². The third kappa shape index (κ3) is 5.61.